The van der Waals surface area contributed by atoms with E-state index in [1.54, 1.807) is 0 Å². The van der Waals surface area contributed by atoms with E-state index < -0.39 is 23.6 Å². The van der Waals surface area contributed by atoms with Gasteiger partial charge in [-0.25, -0.2) is 4.98 Å². The van der Waals surface area contributed by atoms with Crippen molar-refractivity contribution in [2.75, 3.05) is 0 Å². The number of rotatable bonds is 8. The minimum atomic E-state index is -4.37. The molecule has 1 N–H and O–H groups in total. The number of aryl methyl sites for hydroxylation is 2. The molecule has 0 aliphatic heterocycles. The van der Waals surface area contributed by atoms with Crippen molar-refractivity contribution in [2.24, 2.45) is 5.92 Å². The maximum atomic E-state index is 12.8. The highest BCUT2D eigenvalue weighted by Gasteiger charge is 2.30. The number of alkyl halides is 3. The molecule has 0 aliphatic carbocycles. The van der Waals surface area contributed by atoms with E-state index in [0.29, 0.717) is 29.2 Å². The Morgan fingerprint density at radius 1 is 1.16 bits per heavy atom. The molecule has 8 heteroatoms. The predicted molar refractivity (Wildman–Crippen MR) is 118 cm³/mol. The van der Waals surface area contributed by atoms with Crippen molar-refractivity contribution in [3.05, 3.63) is 69.7 Å². The second-order valence-electron chi connectivity index (χ2n) is 7.63. The monoisotopic (exact) mass is 463 g/mol. The third-order valence-electron chi connectivity index (χ3n) is 5.34. The first-order valence-corrected chi connectivity index (χ1v) is 11.0. The number of benzene rings is 2. The summed E-state index contributed by atoms with van der Waals surface area (Å²) in [5.41, 5.74) is 2.65. The van der Waals surface area contributed by atoms with Gasteiger partial charge < -0.3 is 9.84 Å². The molecule has 170 valence electrons. The zero-order valence-corrected chi connectivity index (χ0v) is 18.8. The zero-order valence-electron chi connectivity index (χ0n) is 18.0. The number of halogens is 3. The minimum absolute atomic E-state index is 0.287. The number of hydrogen-bond acceptors (Lipinski definition) is 4. The number of ether oxygens (including phenoxy) is 1. The van der Waals surface area contributed by atoms with E-state index in [2.05, 4.69) is 4.98 Å². The van der Waals surface area contributed by atoms with Crippen molar-refractivity contribution in [1.29, 1.82) is 0 Å². The molecule has 0 radical (unpaired) electrons. The average molecular weight is 464 g/mol. The van der Waals surface area contributed by atoms with Gasteiger partial charge in [0.1, 0.15) is 17.4 Å². The van der Waals surface area contributed by atoms with Crippen LogP contribution in [0, 0.1) is 19.8 Å². The van der Waals surface area contributed by atoms with Crippen molar-refractivity contribution in [3.63, 3.8) is 0 Å². The Labute approximate surface area is 188 Å². The number of aliphatic carboxylic acids is 1. The lowest BCUT2D eigenvalue weighted by Crippen LogP contribution is -2.15. The van der Waals surface area contributed by atoms with Gasteiger partial charge >= 0.3 is 12.1 Å². The van der Waals surface area contributed by atoms with Crippen LogP contribution in [0.3, 0.4) is 0 Å². The smallest absolute Gasteiger partial charge is 0.416 e. The lowest BCUT2D eigenvalue weighted by Gasteiger charge is -2.13. The molecule has 3 aromatic rings. The van der Waals surface area contributed by atoms with Crippen LogP contribution in [0.1, 0.15) is 40.6 Å². The van der Waals surface area contributed by atoms with E-state index in [0.717, 1.165) is 33.8 Å². The Kier molecular flexibility index (Phi) is 7.23. The molecule has 1 aromatic heterocycles. The van der Waals surface area contributed by atoms with Gasteiger partial charge in [0.05, 0.1) is 22.1 Å². The van der Waals surface area contributed by atoms with Crippen LogP contribution < -0.4 is 4.74 Å². The number of hydrogen-bond donors (Lipinski definition) is 1. The van der Waals surface area contributed by atoms with E-state index in [-0.39, 0.29) is 6.61 Å². The van der Waals surface area contributed by atoms with Gasteiger partial charge in [0.15, 0.2) is 0 Å². The molecule has 4 nitrogen and oxygen atoms in total. The SMILES string of the molecule is CCC(Cc1ccc(OCc2sc(-c3ccc(C(F)(F)F)cc3)nc2C)cc1C)C(=O)O. The molecule has 0 saturated heterocycles. The number of aromatic nitrogens is 1. The summed E-state index contributed by atoms with van der Waals surface area (Å²) in [5.74, 6) is -0.542. The highest BCUT2D eigenvalue weighted by Crippen LogP contribution is 2.33. The summed E-state index contributed by atoms with van der Waals surface area (Å²) in [5, 5.41) is 9.91. The lowest BCUT2D eigenvalue weighted by atomic mass is 9.94. The van der Waals surface area contributed by atoms with Gasteiger partial charge in [-0.05, 0) is 62.1 Å². The van der Waals surface area contributed by atoms with Gasteiger partial charge in [-0.3, -0.25) is 4.79 Å². The molecular formula is C24H24F3NO3S. The van der Waals surface area contributed by atoms with Crippen LogP contribution in [0.2, 0.25) is 0 Å². The fourth-order valence-electron chi connectivity index (χ4n) is 3.29. The summed E-state index contributed by atoms with van der Waals surface area (Å²) in [6, 6.07) is 10.6. The molecular weight excluding hydrogens is 439 g/mol. The molecule has 0 spiro atoms. The Balaban J connectivity index is 1.68. The third kappa shape index (κ3) is 5.68. The van der Waals surface area contributed by atoms with E-state index >= 15 is 0 Å². The predicted octanol–water partition coefficient (Wildman–Crippen LogP) is 6.68. The molecule has 1 atom stereocenters. The van der Waals surface area contributed by atoms with Gasteiger partial charge in [0.25, 0.3) is 0 Å². The molecule has 2 aromatic carbocycles. The summed E-state index contributed by atoms with van der Waals surface area (Å²) < 4.78 is 44.2. The van der Waals surface area contributed by atoms with Gasteiger partial charge in [-0.15, -0.1) is 11.3 Å². The standard InChI is InChI=1S/C24H24F3NO3S/c1-4-16(23(29)30)12-18-7-10-20(11-14(18)2)31-13-21-15(3)28-22(32-21)17-5-8-19(9-6-17)24(25,26)27/h5-11,16H,4,12-13H2,1-3H3,(H,29,30). The van der Waals surface area contributed by atoms with Crippen LogP contribution in [-0.4, -0.2) is 16.1 Å². The summed E-state index contributed by atoms with van der Waals surface area (Å²) >= 11 is 1.38. The van der Waals surface area contributed by atoms with Crippen LogP contribution in [-0.2, 0) is 24.0 Å². The van der Waals surface area contributed by atoms with Crippen LogP contribution >= 0.6 is 11.3 Å². The summed E-state index contributed by atoms with van der Waals surface area (Å²) in [6.07, 6.45) is -3.32. The number of carbonyl (C=O) groups is 1. The molecule has 3 rings (SSSR count). The molecule has 1 heterocycles. The normalized spacial score (nSPS) is 12.6. The number of thiazole rings is 1. The van der Waals surface area contributed by atoms with Crippen LogP contribution in [0.4, 0.5) is 13.2 Å². The highest BCUT2D eigenvalue weighted by atomic mass is 32.1. The van der Waals surface area contributed by atoms with Crippen molar-refractivity contribution >= 4 is 17.3 Å². The first-order chi connectivity index (χ1) is 15.1. The molecule has 0 saturated carbocycles. The fraction of sp³-hybridized carbons (Fsp3) is 0.333. The van der Waals surface area contributed by atoms with Crippen LogP contribution in [0.5, 0.6) is 5.75 Å². The average Bonchev–Trinajstić information content (AvgIpc) is 3.11. The molecule has 1 unspecified atom stereocenters. The Morgan fingerprint density at radius 3 is 2.41 bits per heavy atom. The molecule has 0 aliphatic rings. The summed E-state index contributed by atoms with van der Waals surface area (Å²) in [7, 11) is 0. The van der Waals surface area contributed by atoms with Crippen molar-refractivity contribution in [1.82, 2.24) is 4.98 Å². The lowest BCUT2D eigenvalue weighted by molar-refractivity contribution is -0.141. The van der Waals surface area contributed by atoms with Crippen LogP contribution in [0.15, 0.2) is 42.5 Å². The third-order valence-corrected chi connectivity index (χ3v) is 6.52. The topological polar surface area (TPSA) is 59.4 Å². The van der Waals surface area contributed by atoms with Crippen molar-refractivity contribution < 1.29 is 27.8 Å². The number of carboxylic acid groups (broad SMARTS) is 1. The molecule has 0 amide bonds. The van der Waals surface area contributed by atoms with E-state index in [9.17, 15) is 23.1 Å². The largest absolute Gasteiger partial charge is 0.488 e. The Morgan fingerprint density at radius 2 is 1.84 bits per heavy atom. The van der Waals surface area contributed by atoms with E-state index in [1.807, 2.05) is 39.0 Å². The Bertz CT molecular complexity index is 1090. The summed E-state index contributed by atoms with van der Waals surface area (Å²) in [6.45, 7) is 5.92. The quantitative estimate of drug-likeness (QED) is 0.405. The maximum absolute atomic E-state index is 12.8. The fourth-order valence-corrected chi connectivity index (χ4v) is 4.28. The van der Waals surface area contributed by atoms with Gasteiger partial charge in [0, 0.05) is 5.56 Å². The molecule has 0 fully saturated rings. The van der Waals surface area contributed by atoms with Gasteiger partial charge in [-0.1, -0.05) is 25.1 Å². The first kappa shape index (κ1) is 23.8. The minimum Gasteiger partial charge on any atom is -0.488 e. The van der Waals surface area contributed by atoms with Gasteiger partial charge in [0.2, 0.25) is 0 Å². The first-order valence-electron chi connectivity index (χ1n) is 10.2. The van der Waals surface area contributed by atoms with Gasteiger partial charge in [-0.2, -0.15) is 13.2 Å². The van der Waals surface area contributed by atoms with Crippen molar-refractivity contribution in [2.45, 2.75) is 46.4 Å². The summed E-state index contributed by atoms with van der Waals surface area (Å²) in [4.78, 5) is 16.7. The molecule has 32 heavy (non-hydrogen) atoms. The number of carboxylic acids is 1. The highest BCUT2D eigenvalue weighted by molar-refractivity contribution is 7.15. The Hall–Kier alpha value is -2.87. The van der Waals surface area contributed by atoms with Crippen molar-refractivity contribution in [3.8, 4) is 16.3 Å². The number of nitrogens with zero attached hydrogens (tertiary/aromatic N) is 1. The van der Waals surface area contributed by atoms with E-state index in [4.69, 9.17) is 4.74 Å². The second-order valence-corrected chi connectivity index (χ2v) is 8.71. The zero-order chi connectivity index (χ0) is 23.5. The van der Waals surface area contributed by atoms with E-state index in [1.165, 1.54) is 23.5 Å². The van der Waals surface area contributed by atoms with Crippen LogP contribution in [0.25, 0.3) is 10.6 Å². The molecule has 0 bridgehead atoms. The maximum Gasteiger partial charge on any atom is 0.416 e. The second kappa shape index (κ2) is 9.73.